The normalized spacial score (nSPS) is 13.7. The van der Waals surface area contributed by atoms with Gasteiger partial charge in [0.1, 0.15) is 0 Å². The first-order valence-electron chi connectivity index (χ1n) is 1.45. The van der Waals surface area contributed by atoms with Gasteiger partial charge in [0, 0.05) is 0 Å². The van der Waals surface area contributed by atoms with Gasteiger partial charge in [0.2, 0.25) is 0 Å². The van der Waals surface area contributed by atoms with Crippen molar-refractivity contribution >= 4 is 19.1 Å². The molecule has 0 aliphatic rings. The molecule has 7 heavy (non-hydrogen) atoms. The van der Waals surface area contributed by atoms with Gasteiger partial charge < -0.3 is 18.5 Å². The molecule has 0 amide bonds. The maximum atomic E-state index is 11.3. The molecule has 0 rings (SSSR count). The Bertz CT molecular complexity index is 48.1. The van der Waals surface area contributed by atoms with Crippen LogP contribution in [0.1, 0.15) is 0 Å². The highest BCUT2D eigenvalue weighted by atomic mass is 28.5. The minimum Gasteiger partial charge on any atom is -0.416 e. The molecule has 0 aliphatic heterocycles. The summed E-state index contributed by atoms with van der Waals surface area (Å²) in [6.07, 6.45) is 0. The van der Waals surface area contributed by atoms with Crippen molar-refractivity contribution in [3.63, 3.8) is 0 Å². The van der Waals surface area contributed by atoms with E-state index in [1.165, 1.54) is 0 Å². The minimum absolute atomic E-state index is 2.00. The molecule has 0 spiro atoms. The van der Waals surface area contributed by atoms with E-state index in [9.17, 15) is 4.11 Å². The maximum Gasteiger partial charge on any atom is 0.705 e. The van der Waals surface area contributed by atoms with Crippen LogP contribution in [0.3, 0.4) is 0 Å². The summed E-state index contributed by atoms with van der Waals surface area (Å²) in [6, 6.07) is 0. The highest BCUT2D eigenvalue weighted by Crippen LogP contribution is 1.91. The molecule has 0 aromatic heterocycles. The van der Waals surface area contributed by atoms with Crippen LogP contribution in [0.4, 0.5) is 4.11 Å². The lowest BCUT2D eigenvalue weighted by Crippen LogP contribution is -2.34. The summed E-state index contributed by atoms with van der Waals surface area (Å²) in [5, 5.41) is 0. The first-order valence-corrected chi connectivity index (χ1v) is 4.34. The lowest BCUT2D eigenvalue weighted by Gasteiger charge is -2.01. The van der Waals surface area contributed by atoms with Crippen LogP contribution < -0.4 is 0 Å². The molecule has 0 saturated carbocycles. The zero-order chi connectivity index (χ0) is 5.91. The first-order chi connectivity index (χ1) is 3.06. The molecule has 0 heterocycles. The molecular weight excluding hydrogens is 139 g/mol. The van der Waals surface area contributed by atoms with Crippen LogP contribution in [-0.2, 0) is 4.12 Å². The van der Waals surface area contributed by atoms with Gasteiger partial charge in [-0.1, -0.05) is 0 Å². The van der Waals surface area contributed by atoms with E-state index in [0.29, 0.717) is 0 Å². The van der Waals surface area contributed by atoms with E-state index in [4.69, 9.17) is 14.4 Å². The second-order valence-electron chi connectivity index (χ2n) is 0.802. The monoisotopic (exact) mass is 144 g/mol. The summed E-state index contributed by atoms with van der Waals surface area (Å²) < 4.78 is 14.8. The molecule has 0 atom stereocenters. The van der Waals surface area contributed by atoms with Crippen LogP contribution in [-0.4, -0.2) is 33.5 Å². The predicted octanol–water partition coefficient (Wildman–Crippen LogP) is -2.62. The van der Waals surface area contributed by atoms with Crippen molar-refractivity contribution in [2.24, 2.45) is 0 Å². The summed E-state index contributed by atoms with van der Waals surface area (Å²) in [7, 11) is -6.85. The quantitative estimate of drug-likeness (QED) is 0.293. The Balaban J connectivity index is 3.15. The molecule has 0 radical (unpaired) electrons. The summed E-state index contributed by atoms with van der Waals surface area (Å²) in [5.41, 5.74) is 0. The fourth-order valence-electron chi connectivity index (χ4n) is 0.0821. The lowest BCUT2D eigenvalue weighted by molar-refractivity contribution is 0.169. The summed E-state index contributed by atoms with van der Waals surface area (Å²) in [6.45, 7) is 0. The van der Waals surface area contributed by atoms with Crippen molar-refractivity contribution in [1.82, 2.24) is 0 Å². The Kier molecular flexibility index (Phi) is 2.57. The van der Waals surface area contributed by atoms with Crippen molar-refractivity contribution in [2.75, 3.05) is 0 Å². The van der Waals surface area contributed by atoms with Crippen LogP contribution in [0.5, 0.6) is 0 Å². The van der Waals surface area contributed by atoms with Gasteiger partial charge >= 0.3 is 9.14 Å². The molecule has 0 aliphatic carbocycles. The molecule has 0 unspecified atom stereocenters. The van der Waals surface area contributed by atoms with Gasteiger partial charge in [-0.15, -0.1) is 0 Å². The van der Waals surface area contributed by atoms with Crippen molar-refractivity contribution in [3.8, 4) is 0 Å². The van der Waals surface area contributed by atoms with E-state index in [2.05, 4.69) is 4.12 Å². The van der Waals surface area contributed by atoms with Gasteiger partial charge in [-0.25, -0.2) is 4.11 Å². The number of rotatable bonds is 2. The van der Waals surface area contributed by atoms with Gasteiger partial charge in [0.15, 0.2) is 0 Å². The van der Waals surface area contributed by atoms with Crippen LogP contribution in [0.25, 0.3) is 0 Å². The van der Waals surface area contributed by atoms with E-state index in [0.717, 1.165) is 0 Å². The Labute approximate surface area is 42.8 Å². The lowest BCUT2D eigenvalue weighted by atomic mass is 15.7. The number of hydrogen-bond donors (Lipinski definition) is 3. The van der Waals surface area contributed by atoms with Crippen molar-refractivity contribution in [2.45, 2.75) is 0 Å². The fourth-order valence-corrected chi connectivity index (χ4v) is 0.739. The molecule has 44 valence electrons. The first kappa shape index (κ1) is 7.20. The smallest absolute Gasteiger partial charge is 0.416 e. The second-order valence-corrected chi connectivity index (χ2v) is 3.27. The Morgan fingerprint density at radius 1 is 1.57 bits per heavy atom. The van der Waals surface area contributed by atoms with Gasteiger partial charge in [-0.05, 0) is 0 Å². The Hall–Kier alpha value is 0.204. The van der Waals surface area contributed by atoms with Gasteiger partial charge in [0.05, 0.1) is 0 Å². The molecule has 0 fully saturated rings. The third-order valence-corrected chi connectivity index (χ3v) is 2.23. The SMILES string of the molecule is O[SiH2]O[Si](O)(O)F. The molecule has 0 aromatic carbocycles. The highest BCUT2D eigenvalue weighted by molar-refractivity contribution is 6.55. The molecule has 4 nitrogen and oxygen atoms in total. The Morgan fingerprint density at radius 3 is 2.00 bits per heavy atom. The maximum absolute atomic E-state index is 11.3. The average molecular weight is 144 g/mol. The molecule has 3 N–H and O–H groups in total. The second kappa shape index (κ2) is 2.50. The van der Waals surface area contributed by atoms with Crippen LogP contribution in [0, 0.1) is 0 Å². The zero-order valence-corrected chi connectivity index (χ0v) is 5.75. The molecule has 7 heteroatoms. The Morgan fingerprint density at radius 2 is 2.00 bits per heavy atom. The third kappa shape index (κ3) is 6.20. The molecule has 0 bridgehead atoms. The van der Waals surface area contributed by atoms with Crippen molar-refractivity contribution in [1.29, 1.82) is 0 Å². The van der Waals surface area contributed by atoms with E-state index < -0.39 is 19.1 Å². The third-order valence-electron chi connectivity index (χ3n) is 0.248. The topological polar surface area (TPSA) is 69.9 Å². The van der Waals surface area contributed by atoms with Gasteiger partial charge in [-0.3, -0.25) is 0 Å². The number of hydrogen-bond acceptors (Lipinski definition) is 4. The van der Waals surface area contributed by atoms with E-state index >= 15 is 0 Å². The molecule has 0 aromatic rings. The number of halogens is 1. The van der Waals surface area contributed by atoms with Gasteiger partial charge in [-0.2, -0.15) is 0 Å². The van der Waals surface area contributed by atoms with E-state index in [1.54, 1.807) is 0 Å². The summed E-state index contributed by atoms with van der Waals surface area (Å²) in [4.78, 5) is 23.2. The molecule has 0 saturated heterocycles. The largest absolute Gasteiger partial charge is 0.705 e. The standard InChI is InChI=1S/FH5O4Si2/c1-7(3,4)5-6-2/h2-4H,6H2. The summed E-state index contributed by atoms with van der Waals surface area (Å²) in [5.74, 6) is 0. The van der Waals surface area contributed by atoms with Crippen LogP contribution in [0.2, 0.25) is 0 Å². The highest BCUT2D eigenvalue weighted by Gasteiger charge is 2.32. The van der Waals surface area contributed by atoms with Crippen molar-refractivity contribution < 1.29 is 22.6 Å². The average Bonchev–Trinajstić information content (AvgIpc) is 1.30. The van der Waals surface area contributed by atoms with E-state index in [-0.39, 0.29) is 0 Å². The fraction of sp³-hybridized carbons (Fsp3) is 0. The summed E-state index contributed by atoms with van der Waals surface area (Å²) >= 11 is 0. The van der Waals surface area contributed by atoms with Crippen molar-refractivity contribution in [3.05, 3.63) is 0 Å². The zero-order valence-electron chi connectivity index (χ0n) is 3.33. The molecular formula is H5FO4Si2. The van der Waals surface area contributed by atoms with Crippen LogP contribution in [0.15, 0.2) is 0 Å². The van der Waals surface area contributed by atoms with E-state index in [1.807, 2.05) is 0 Å². The van der Waals surface area contributed by atoms with Gasteiger partial charge in [0.25, 0.3) is 10.0 Å². The minimum atomic E-state index is -4.85. The predicted molar refractivity (Wildman–Crippen MR) is 23.1 cm³/mol. The van der Waals surface area contributed by atoms with Crippen LogP contribution >= 0.6 is 0 Å².